The van der Waals surface area contributed by atoms with E-state index in [0.29, 0.717) is 17.2 Å². The average Bonchev–Trinajstić information content (AvgIpc) is 2.70. The predicted molar refractivity (Wildman–Crippen MR) is 104 cm³/mol. The second-order valence-electron chi connectivity index (χ2n) is 5.97. The zero-order valence-electron chi connectivity index (χ0n) is 16.3. The maximum absolute atomic E-state index is 12.1. The molecule has 9 heteroatoms. The van der Waals surface area contributed by atoms with Gasteiger partial charge in [0.1, 0.15) is 17.2 Å². The second-order valence-corrected chi connectivity index (χ2v) is 8.12. The van der Waals surface area contributed by atoms with E-state index in [4.69, 9.17) is 14.2 Å². The number of ether oxygens (including phenoxy) is 3. The fourth-order valence-electron chi connectivity index (χ4n) is 2.41. The summed E-state index contributed by atoms with van der Waals surface area (Å²) >= 11 is 0. The number of sulfonamides is 1. The number of benzene rings is 2. The van der Waals surface area contributed by atoms with E-state index in [1.165, 1.54) is 38.4 Å². The highest BCUT2D eigenvalue weighted by Gasteiger charge is 2.17. The predicted octanol–water partition coefficient (Wildman–Crippen LogP) is 1.65. The molecule has 28 heavy (non-hydrogen) atoms. The molecular weight excluding hydrogens is 384 g/mol. The summed E-state index contributed by atoms with van der Waals surface area (Å²) in [5, 5.41) is 2.74. The van der Waals surface area contributed by atoms with Gasteiger partial charge in [-0.25, -0.2) is 12.7 Å². The zero-order valence-corrected chi connectivity index (χ0v) is 17.1. The van der Waals surface area contributed by atoms with Gasteiger partial charge in [-0.05, 0) is 36.4 Å². The number of nitrogens with zero attached hydrogens (tertiary/aromatic N) is 1. The number of hydrogen-bond acceptors (Lipinski definition) is 6. The molecule has 0 fully saturated rings. The van der Waals surface area contributed by atoms with E-state index in [2.05, 4.69) is 5.32 Å². The van der Waals surface area contributed by atoms with Crippen molar-refractivity contribution in [3.8, 4) is 17.2 Å². The lowest BCUT2D eigenvalue weighted by Gasteiger charge is -2.14. The smallest absolute Gasteiger partial charge is 0.258 e. The van der Waals surface area contributed by atoms with Crippen LogP contribution in [0.5, 0.6) is 17.2 Å². The van der Waals surface area contributed by atoms with Crippen molar-refractivity contribution in [2.75, 3.05) is 34.9 Å². The standard InChI is InChI=1S/C19H24N2O6S/c1-21(2)28(23,24)15-10-8-14(9-11-15)27-13-19(22)20-12-16-17(25-3)6-5-7-18(16)26-4/h5-11H,12-13H2,1-4H3,(H,20,22). The Morgan fingerprint density at radius 2 is 1.57 bits per heavy atom. The van der Waals surface area contributed by atoms with Crippen LogP contribution in [0.15, 0.2) is 47.4 Å². The molecule has 2 rings (SSSR count). The minimum atomic E-state index is -3.50. The molecular formula is C19H24N2O6S. The number of methoxy groups -OCH3 is 2. The molecule has 0 radical (unpaired) electrons. The summed E-state index contributed by atoms with van der Waals surface area (Å²) in [7, 11) is 2.51. The van der Waals surface area contributed by atoms with Crippen molar-refractivity contribution in [2.24, 2.45) is 0 Å². The molecule has 152 valence electrons. The van der Waals surface area contributed by atoms with Crippen molar-refractivity contribution >= 4 is 15.9 Å². The van der Waals surface area contributed by atoms with Crippen LogP contribution < -0.4 is 19.5 Å². The molecule has 0 unspecified atom stereocenters. The molecule has 0 aliphatic heterocycles. The van der Waals surface area contributed by atoms with E-state index in [-0.39, 0.29) is 24.0 Å². The molecule has 0 aliphatic carbocycles. The van der Waals surface area contributed by atoms with E-state index < -0.39 is 10.0 Å². The van der Waals surface area contributed by atoms with Gasteiger partial charge in [-0.3, -0.25) is 4.79 Å². The third-order valence-corrected chi connectivity index (χ3v) is 5.79. The first kappa shape index (κ1) is 21.5. The quantitative estimate of drug-likeness (QED) is 0.678. The molecule has 1 amide bonds. The maximum Gasteiger partial charge on any atom is 0.258 e. The summed E-state index contributed by atoms with van der Waals surface area (Å²) in [6.45, 7) is 0.00659. The van der Waals surface area contributed by atoms with Crippen LogP contribution in [0.4, 0.5) is 0 Å². The highest BCUT2D eigenvalue weighted by Crippen LogP contribution is 2.27. The normalized spacial score (nSPS) is 11.2. The Morgan fingerprint density at radius 3 is 2.07 bits per heavy atom. The average molecular weight is 408 g/mol. The lowest BCUT2D eigenvalue weighted by molar-refractivity contribution is -0.123. The van der Waals surface area contributed by atoms with E-state index in [0.717, 1.165) is 9.87 Å². The lowest BCUT2D eigenvalue weighted by atomic mass is 10.1. The Labute approximate surface area is 165 Å². The van der Waals surface area contributed by atoms with Gasteiger partial charge in [-0.15, -0.1) is 0 Å². The Kier molecular flexibility index (Phi) is 7.24. The van der Waals surface area contributed by atoms with Crippen LogP contribution in [0.3, 0.4) is 0 Å². The number of carbonyl (C=O) groups excluding carboxylic acids is 1. The number of rotatable bonds is 9. The van der Waals surface area contributed by atoms with Crippen molar-refractivity contribution in [1.29, 1.82) is 0 Å². The molecule has 0 saturated heterocycles. The van der Waals surface area contributed by atoms with Crippen LogP contribution in [-0.2, 0) is 21.4 Å². The van der Waals surface area contributed by atoms with Crippen LogP contribution in [0.25, 0.3) is 0 Å². The van der Waals surface area contributed by atoms with Crippen LogP contribution in [0, 0.1) is 0 Å². The summed E-state index contributed by atoms with van der Waals surface area (Å²) in [6.07, 6.45) is 0. The Morgan fingerprint density at radius 1 is 1.00 bits per heavy atom. The minimum Gasteiger partial charge on any atom is -0.496 e. The van der Waals surface area contributed by atoms with E-state index in [1.807, 2.05) is 0 Å². The number of hydrogen-bond donors (Lipinski definition) is 1. The number of carbonyl (C=O) groups is 1. The largest absolute Gasteiger partial charge is 0.496 e. The molecule has 0 bridgehead atoms. The first-order valence-corrected chi connectivity index (χ1v) is 9.85. The number of amides is 1. The molecule has 2 aromatic rings. The van der Waals surface area contributed by atoms with Gasteiger partial charge in [0.15, 0.2) is 6.61 Å². The van der Waals surface area contributed by atoms with Crippen molar-refractivity contribution in [1.82, 2.24) is 9.62 Å². The first-order valence-electron chi connectivity index (χ1n) is 8.41. The molecule has 0 heterocycles. The summed E-state index contributed by atoms with van der Waals surface area (Å²) in [5.74, 6) is 1.28. The third kappa shape index (κ3) is 5.14. The summed E-state index contributed by atoms with van der Waals surface area (Å²) < 4.78 is 41.2. The Bertz CT molecular complexity index is 888. The second kappa shape index (κ2) is 9.43. The van der Waals surface area contributed by atoms with Gasteiger partial charge in [0, 0.05) is 14.1 Å². The topological polar surface area (TPSA) is 94.2 Å². The Balaban J connectivity index is 1.93. The first-order chi connectivity index (χ1) is 13.3. The minimum absolute atomic E-state index is 0.151. The summed E-state index contributed by atoms with van der Waals surface area (Å²) in [6, 6.07) is 11.2. The van der Waals surface area contributed by atoms with Gasteiger partial charge in [0.05, 0.1) is 31.2 Å². The third-order valence-electron chi connectivity index (χ3n) is 3.96. The van der Waals surface area contributed by atoms with Gasteiger partial charge >= 0.3 is 0 Å². The van der Waals surface area contributed by atoms with Crippen molar-refractivity contribution < 1.29 is 27.4 Å². The highest BCUT2D eigenvalue weighted by molar-refractivity contribution is 7.89. The molecule has 1 N–H and O–H groups in total. The lowest BCUT2D eigenvalue weighted by Crippen LogP contribution is -2.28. The summed E-state index contributed by atoms with van der Waals surface area (Å²) in [4.78, 5) is 12.2. The molecule has 0 saturated carbocycles. The van der Waals surface area contributed by atoms with Gasteiger partial charge in [-0.1, -0.05) is 6.07 Å². The molecule has 0 spiro atoms. The fraction of sp³-hybridized carbons (Fsp3) is 0.316. The van der Waals surface area contributed by atoms with Crippen LogP contribution in [0.1, 0.15) is 5.56 Å². The van der Waals surface area contributed by atoms with Crippen LogP contribution in [-0.4, -0.2) is 53.6 Å². The van der Waals surface area contributed by atoms with E-state index >= 15 is 0 Å². The van der Waals surface area contributed by atoms with Crippen molar-refractivity contribution in [3.63, 3.8) is 0 Å². The zero-order chi connectivity index (χ0) is 20.7. The monoisotopic (exact) mass is 408 g/mol. The van der Waals surface area contributed by atoms with Gasteiger partial charge in [-0.2, -0.15) is 0 Å². The number of nitrogens with one attached hydrogen (secondary N) is 1. The highest BCUT2D eigenvalue weighted by atomic mass is 32.2. The molecule has 2 aromatic carbocycles. The maximum atomic E-state index is 12.1. The SMILES string of the molecule is COc1cccc(OC)c1CNC(=O)COc1ccc(S(=O)(=O)N(C)C)cc1. The van der Waals surface area contributed by atoms with Crippen molar-refractivity contribution in [2.45, 2.75) is 11.4 Å². The van der Waals surface area contributed by atoms with E-state index in [9.17, 15) is 13.2 Å². The van der Waals surface area contributed by atoms with Crippen molar-refractivity contribution in [3.05, 3.63) is 48.0 Å². The van der Waals surface area contributed by atoms with Crippen LogP contribution >= 0.6 is 0 Å². The fourth-order valence-corrected chi connectivity index (χ4v) is 3.31. The molecule has 8 nitrogen and oxygen atoms in total. The van der Waals surface area contributed by atoms with Gasteiger partial charge in [0.25, 0.3) is 5.91 Å². The van der Waals surface area contributed by atoms with Gasteiger partial charge in [0.2, 0.25) is 10.0 Å². The van der Waals surface area contributed by atoms with E-state index in [1.54, 1.807) is 32.4 Å². The molecule has 0 aliphatic rings. The molecule has 0 atom stereocenters. The van der Waals surface area contributed by atoms with Gasteiger partial charge < -0.3 is 19.5 Å². The summed E-state index contributed by atoms with van der Waals surface area (Å²) in [5.41, 5.74) is 0.721. The van der Waals surface area contributed by atoms with Crippen LogP contribution in [0.2, 0.25) is 0 Å². The molecule has 0 aromatic heterocycles. The Hall–Kier alpha value is -2.78.